The van der Waals surface area contributed by atoms with Crippen molar-refractivity contribution in [1.29, 1.82) is 0 Å². The van der Waals surface area contributed by atoms with Crippen molar-refractivity contribution in [1.82, 2.24) is 9.80 Å². The van der Waals surface area contributed by atoms with E-state index in [0.717, 1.165) is 43.3 Å². The number of benzene rings is 2. The molecule has 1 heterocycles. The van der Waals surface area contributed by atoms with Crippen molar-refractivity contribution >= 4 is 23.2 Å². The number of nitrogens with zero attached hydrogens (tertiary/aromatic N) is 3. The summed E-state index contributed by atoms with van der Waals surface area (Å²) in [4.78, 5) is 19.1. The molecule has 5 heteroatoms. The number of hydrogen-bond donors (Lipinski definition) is 0. The number of carbonyl (C=O) groups is 1. The molecule has 0 saturated carbocycles. The third kappa shape index (κ3) is 5.02. The first-order valence-corrected chi connectivity index (χ1v) is 9.84. The molecule has 0 bridgehead atoms. The minimum atomic E-state index is 0.195. The number of aryl methyl sites for hydroxylation is 1. The van der Waals surface area contributed by atoms with Gasteiger partial charge in [-0.05, 0) is 55.8 Å². The number of anilines is 1. The zero-order valence-electron chi connectivity index (χ0n) is 16.4. The molecular weight excluding hydrogens is 358 g/mol. The van der Waals surface area contributed by atoms with Crippen molar-refractivity contribution < 1.29 is 4.79 Å². The Balaban J connectivity index is 1.51. The van der Waals surface area contributed by atoms with Crippen LogP contribution in [0, 0.1) is 13.8 Å². The molecule has 3 rings (SSSR count). The normalized spacial score (nSPS) is 14.7. The van der Waals surface area contributed by atoms with Gasteiger partial charge in [-0.1, -0.05) is 35.9 Å². The van der Waals surface area contributed by atoms with Crippen LogP contribution in [0.4, 0.5) is 5.69 Å². The average molecular weight is 386 g/mol. The Morgan fingerprint density at radius 1 is 1.07 bits per heavy atom. The molecule has 1 amide bonds. The van der Waals surface area contributed by atoms with Gasteiger partial charge in [0.05, 0.1) is 6.54 Å². The van der Waals surface area contributed by atoms with Gasteiger partial charge in [0.2, 0.25) is 5.91 Å². The summed E-state index contributed by atoms with van der Waals surface area (Å²) < 4.78 is 0. The van der Waals surface area contributed by atoms with Gasteiger partial charge < -0.3 is 9.80 Å². The van der Waals surface area contributed by atoms with Gasteiger partial charge in [0.15, 0.2) is 0 Å². The summed E-state index contributed by atoms with van der Waals surface area (Å²) in [7, 11) is 1.98. The topological polar surface area (TPSA) is 26.8 Å². The van der Waals surface area contributed by atoms with Crippen LogP contribution in [-0.2, 0) is 11.3 Å². The van der Waals surface area contributed by atoms with Gasteiger partial charge in [-0.2, -0.15) is 0 Å². The maximum atomic E-state index is 12.7. The molecule has 0 spiro atoms. The van der Waals surface area contributed by atoms with Crippen LogP contribution < -0.4 is 4.90 Å². The summed E-state index contributed by atoms with van der Waals surface area (Å²) in [5.74, 6) is 0.195. The van der Waals surface area contributed by atoms with E-state index in [1.54, 1.807) is 0 Å². The second-order valence-corrected chi connectivity index (χ2v) is 7.83. The van der Waals surface area contributed by atoms with Gasteiger partial charge in [-0.25, -0.2) is 0 Å². The fraction of sp³-hybridized carbons (Fsp3) is 0.409. The Morgan fingerprint density at radius 3 is 2.48 bits per heavy atom. The van der Waals surface area contributed by atoms with E-state index < -0.39 is 0 Å². The van der Waals surface area contributed by atoms with Crippen LogP contribution in [0.3, 0.4) is 0 Å². The molecular formula is C22H28ClN3O. The quantitative estimate of drug-likeness (QED) is 0.784. The van der Waals surface area contributed by atoms with Crippen molar-refractivity contribution in [3.63, 3.8) is 0 Å². The van der Waals surface area contributed by atoms with Crippen molar-refractivity contribution in [2.75, 3.05) is 44.7 Å². The van der Waals surface area contributed by atoms with E-state index >= 15 is 0 Å². The smallest absolute Gasteiger partial charge is 0.236 e. The minimum absolute atomic E-state index is 0.195. The summed E-state index contributed by atoms with van der Waals surface area (Å²) >= 11 is 6.04. The second-order valence-electron chi connectivity index (χ2n) is 7.39. The predicted octanol–water partition coefficient (Wildman–Crippen LogP) is 3.74. The van der Waals surface area contributed by atoms with E-state index in [1.807, 2.05) is 41.1 Å². The minimum Gasteiger partial charge on any atom is -0.368 e. The molecule has 27 heavy (non-hydrogen) atoms. The fourth-order valence-electron chi connectivity index (χ4n) is 3.61. The first-order chi connectivity index (χ1) is 12.9. The summed E-state index contributed by atoms with van der Waals surface area (Å²) in [6, 6.07) is 14.2. The van der Waals surface area contributed by atoms with Gasteiger partial charge in [-0.15, -0.1) is 0 Å². The van der Waals surface area contributed by atoms with Crippen LogP contribution in [0.25, 0.3) is 0 Å². The molecule has 0 unspecified atom stereocenters. The first-order valence-electron chi connectivity index (χ1n) is 9.46. The lowest BCUT2D eigenvalue weighted by Gasteiger charge is -2.37. The molecule has 2 aromatic rings. The number of carbonyl (C=O) groups excluding carboxylic acids is 1. The molecule has 144 valence electrons. The third-order valence-electron chi connectivity index (χ3n) is 5.30. The molecule has 1 saturated heterocycles. The Labute approximate surface area is 167 Å². The Hall–Kier alpha value is -2.04. The predicted molar refractivity (Wildman–Crippen MR) is 112 cm³/mol. The molecule has 0 N–H and O–H groups in total. The van der Waals surface area contributed by atoms with E-state index in [-0.39, 0.29) is 5.91 Å². The van der Waals surface area contributed by atoms with Gasteiger partial charge in [0.25, 0.3) is 0 Å². The van der Waals surface area contributed by atoms with Crippen LogP contribution in [0.5, 0.6) is 0 Å². The molecule has 1 fully saturated rings. The highest BCUT2D eigenvalue weighted by atomic mass is 35.5. The van der Waals surface area contributed by atoms with Crippen LogP contribution in [-0.4, -0.2) is 55.5 Å². The molecule has 1 aliphatic heterocycles. The summed E-state index contributed by atoms with van der Waals surface area (Å²) in [5, 5.41) is 0.731. The SMILES string of the molecule is Cc1cccc(N2CCN(C(=O)CN(C)Cc3cccc(Cl)c3)CC2)c1C. The lowest BCUT2D eigenvalue weighted by molar-refractivity contribution is -0.132. The molecule has 0 atom stereocenters. The first kappa shape index (κ1) is 19.7. The molecule has 0 aliphatic carbocycles. The van der Waals surface area contributed by atoms with Gasteiger partial charge in [0.1, 0.15) is 0 Å². The van der Waals surface area contributed by atoms with Crippen LogP contribution in [0.15, 0.2) is 42.5 Å². The van der Waals surface area contributed by atoms with Crippen molar-refractivity contribution in [2.24, 2.45) is 0 Å². The van der Waals surface area contributed by atoms with Gasteiger partial charge in [-0.3, -0.25) is 9.69 Å². The van der Waals surface area contributed by atoms with E-state index in [2.05, 4.69) is 36.9 Å². The molecule has 2 aromatic carbocycles. The molecule has 1 aliphatic rings. The maximum Gasteiger partial charge on any atom is 0.236 e. The highest BCUT2D eigenvalue weighted by Gasteiger charge is 2.23. The number of amides is 1. The maximum absolute atomic E-state index is 12.7. The zero-order chi connectivity index (χ0) is 19.4. The Kier molecular flexibility index (Phi) is 6.40. The number of likely N-dealkylation sites (N-methyl/N-ethyl adjacent to an activating group) is 1. The van der Waals surface area contributed by atoms with Gasteiger partial charge in [0, 0.05) is 43.4 Å². The third-order valence-corrected chi connectivity index (χ3v) is 5.53. The fourth-order valence-corrected chi connectivity index (χ4v) is 3.82. The van der Waals surface area contributed by atoms with Crippen molar-refractivity contribution in [2.45, 2.75) is 20.4 Å². The number of rotatable bonds is 5. The number of piperazine rings is 1. The highest BCUT2D eigenvalue weighted by molar-refractivity contribution is 6.30. The molecule has 4 nitrogen and oxygen atoms in total. The van der Waals surface area contributed by atoms with E-state index in [4.69, 9.17) is 11.6 Å². The standard InChI is InChI=1S/C22H28ClN3O/c1-17-6-4-9-21(18(17)2)25-10-12-26(13-11-25)22(27)16-24(3)15-19-7-5-8-20(23)14-19/h4-9,14H,10-13,15-16H2,1-3H3. The van der Waals surface area contributed by atoms with E-state index in [9.17, 15) is 4.79 Å². The van der Waals surface area contributed by atoms with Crippen LogP contribution in [0.2, 0.25) is 5.02 Å². The Morgan fingerprint density at radius 2 is 1.78 bits per heavy atom. The largest absolute Gasteiger partial charge is 0.368 e. The van der Waals surface area contributed by atoms with Crippen molar-refractivity contribution in [3.8, 4) is 0 Å². The lowest BCUT2D eigenvalue weighted by atomic mass is 10.1. The Bertz CT molecular complexity index is 800. The van der Waals surface area contributed by atoms with E-state index in [0.29, 0.717) is 6.54 Å². The van der Waals surface area contributed by atoms with Gasteiger partial charge >= 0.3 is 0 Å². The number of hydrogen-bond acceptors (Lipinski definition) is 3. The average Bonchev–Trinajstić information content (AvgIpc) is 2.64. The monoisotopic (exact) mass is 385 g/mol. The van der Waals surface area contributed by atoms with Crippen molar-refractivity contribution in [3.05, 3.63) is 64.2 Å². The molecule has 0 aromatic heterocycles. The summed E-state index contributed by atoms with van der Waals surface area (Å²) in [6.45, 7) is 8.78. The number of halogens is 1. The lowest BCUT2D eigenvalue weighted by Crippen LogP contribution is -2.51. The van der Waals surface area contributed by atoms with Crippen LogP contribution in [0.1, 0.15) is 16.7 Å². The zero-order valence-corrected chi connectivity index (χ0v) is 17.2. The second kappa shape index (κ2) is 8.77. The van der Waals surface area contributed by atoms with E-state index in [1.165, 1.54) is 16.8 Å². The summed E-state index contributed by atoms with van der Waals surface area (Å²) in [5.41, 5.74) is 5.06. The summed E-state index contributed by atoms with van der Waals surface area (Å²) in [6.07, 6.45) is 0. The van der Waals surface area contributed by atoms with Crippen LogP contribution >= 0.6 is 11.6 Å². The molecule has 0 radical (unpaired) electrons. The highest BCUT2D eigenvalue weighted by Crippen LogP contribution is 2.24.